The molecule has 0 aliphatic carbocycles. The van der Waals surface area contributed by atoms with Crippen molar-refractivity contribution >= 4 is 27.5 Å². The summed E-state index contributed by atoms with van der Waals surface area (Å²) in [6.45, 7) is 5.35. The molecule has 1 atom stereocenters. The highest BCUT2D eigenvalue weighted by Gasteiger charge is 2.35. The number of hydrogen-bond acceptors (Lipinski definition) is 3. The molecule has 1 heterocycles. The van der Waals surface area contributed by atoms with Crippen LogP contribution in [0.3, 0.4) is 0 Å². The quantitative estimate of drug-likeness (QED) is 0.871. The maximum Gasteiger partial charge on any atom is 0.246 e. The molecule has 1 aromatic rings. The third-order valence-electron chi connectivity index (χ3n) is 3.30. The van der Waals surface area contributed by atoms with Gasteiger partial charge in [-0.15, -0.1) is 0 Å². The minimum absolute atomic E-state index is 0.0468. The first-order valence-corrected chi connectivity index (χ1v) is 7.14. The van der Waals surface area contributed by atoms with E-state index in [1.54, 1.807) is 4.90 Å². The molecule has 1 saturated heterocycles. The average Bonchev–Trinajstić information content (AvgIpc) is 2.47. The Morgan fingerprint density at radius 3 is 2.79 bits per heavy atom. The number of hydrogen-bond donors (Lipinski definition) is 2. The number of nitrogens with zero attached hydrogens (tertiary/aromatic N) is 1. The number of aliphatic hydroxyl groups is 1. The first-order valence-electron chi connectivity index (χ1n) is 6.35. The Bertz CT molecular complexity index is 476. The van der Waals surface area contributed by atoms with Gasteiger partial charge in [0.2, 0.25) is 5.91 Å². The van der Waals surface area contributed by atoms with Crippen LogP contribution in [-0.4, -0.2) is 36.8 Å². The van der Waals surface area contributed by atoms with Crippen molar-refractivity contribution in [2.75, 3.05) is 24.6 Å². The summed E-state index contributed by atoms with van der Waals surface area (Å²) < 4.78 is 0.887. The molecule has 4 nitrogen and oxygen atoms in total. The highest BCUT2D eigenvalue weighted by atomic mass is 79.9. The standard InChI is InChI=1S/C14H19BrN2O2/c1-14(2)8-16-11(7-18)13(19)17(9-14)12-6-4-3-5-10(12)15/h3-6,11,16,18H,7-9H2,1-2H3. The summed E-state index contributed by atoms with van der Waals surface area (Å²) in [4.78, 5) is 14.3. The van der Waals surface area contributed by atoms with E-state index >= 15 is 0 Å². The van der Waals surface area contributed by atoms with Gasteiger partial charge in [-0.3, -0.25) is 4.79 Å². The van der Waals surface area contributed by atoms with Crippen molar-refractivity contribution in [3.8, 4) is 0 Å². The zero-order chi connectivity index (χ0) is 14.0. The van der Waals surface area contributed by atoms with Gasteiger partial charge >= 0.3 is 0 Å². The number of aliphatic hydroxyl groups excluding tert-OH is 1. The number of rotatable bonds is 2. The van der Waals surface area contributed by atoms with Crippen LogP contribution in [0.2, 0.25) is 0 Å². The molecule has 0 saturated carbocycles. The highest BCUT2D eigenvalue weighted by Crippen LogP contribution is 2.30. The van der Waals surface area contributed by atoms with Crippen molar-refractivity contribution in [2.24, 2.45) is 5.41 Å². The molecule has 2 N–H and O–H groups in total. The maximum absolute atomic E-state index is 12.5. The number of amides is 1. The predicted molar refractivity (Wildman–Crippen MR) is 79.2 cm³/mol. The van der Waals surface area contributed by atoms with Crippen LogP contribution < -0.4 is 10.2 Å². The molecule has 5 heteroatoms. The summed E-state index contributed by atoms with van der Waals surface area (Å²) in [5.74, 6) is -0.0834. The van der Waals surface area contributed by atoms with E-state index in [4.69, 9.17) is 0 Å². The topological polar surface area (TPSA) is 52.6 Å². The third kappa shape index (κ3) is 3.16. The van der Waals surface area contributed by atoms with Gasteiger partial charge in [0.15, 0.2) is 0 Å². The molecular weight excluding hydrogens is 308 g/mol. The molecule has 1 fully saturated rings. The van der Waals surface area contributed by atoms with E-state index in [-0.39, 0.29) is 17.9 Å². The van der Waals surface area contributed by atoms with Crippen LogP contribution in [0.5, 0.6) is 0 Å². The Balaban J connectivity index is 2.40. The molecular formula is C14H19BrN2O2. The van der Waals surface area contributed by atoms with Gasteiger partial charge < -0.3 is 15.3 Å². The van der Waals surface area contributed by atoms with E-state index in [2.05, 4.69) is 35.1 Å². The number of carbonyl (C=O) groups excluding carboxylic acids is 1. The molecule has 0 bridgehead atoms. The van der Waals surface area contributed by atoms with Gasteiger partial charge in [-0.1, -0.05) is 26.0 Å². The van der Waals surface area contributed by atoms with Crippen LogP contribution >= 0.6 is 15.9 Å². The second-order valence-electron chi connectivity index (χ2n) is 5.66. The second kappa shape index (κ2) is 5.61. The Hall–Kier alpha value is -0.910. The lowest BCUT2D eigenvalue weighted by Gasteiger charge is -2.30. The Morgan fingerprint density at radius 1 is 1.47 bits per heavy atom. The van der Waals surface area contributed by atoms with Crippen LogP contribution in [-0.2, 0) is 4.79 Å². The fourth-order valence-corrected chi connectivity index (χ4v) is 2.75. The molecule has 1 aromatic carbocycles. The summed E-state index contributed by atoms with van der Waals surface area (Å²) >= 11 is 3.49. The fourth-order valence-electron chi connectivity index (χ4n) is 2.25. The summed E-state index contributed by atoms with van der Waals surface area (Å²) in [5.41, 5.74) is 0.803. The minimum Gasteiger partial charge on any atom is -0.394 e. The van der Waals surface area contributed by atoms with Gasteiger partial charge in [-0.25, -0.2) is 0 Å². The van der Waals surface area contributed by atoms with Gasteiger partial charge in [-0.2, -0.15) is 0 Å². The van der Waals surface area contributed by atoms with Crippen LogP contribution in [0.25, 0.3) is 0 Å². The molecule has 0 aromatic heterocycles. The Labute approximate surface area is 121 Å². The zero-order valence-electron chi connectivity index (χ0n) is 11.2. The maximum atomic E-state index is 12.5. The Kier molecular flexibility index (Phi) is 4.28. The van der Waals surface area contributed by atoms with Crippen molar-refractivity contribution in [3.05, 3.63) is 28.7 Å². The van der Waals surface area contributed by atoms with Crippen molar-refractivity contribution < 1.29 is 9.90 Å². The van der Waals surface area contributed by atoms with E-state index in [0.29, 0.717) is 13.1 Å². The van der Waals surface area contributed by atoms with E-state index < -0.39 is 6.04 Å². The number of carbonyl (C=O) groups is 1. The second-order valence-corrected chi connectivity index (χ2v) is 6.51. The molecule has 1 amide bonds. The van der Waals surface area contributed by atoms with Crippen LogP contribution in [0.1, 0.15) is 13.8 Å². The number of benzene rings is 1. The van der Waals surface area contributed by atoms with E-state index in [1.165, 1.54) is 0 Å². The van der Waals surface area contributed by atoms with Crippen molar-refractivity contribution in [2.45, 2.75) is 19.9 Å². The van der Waals surface area contributed by atoms with E-state index in [1.807, 2.05) is 24.3 Å². The van der Waals surface area contributed by atoms with Crippen molar-refractivity contribution in [1.29, 1.82) is 0 Å². The number of anilines is 1. The lowest BCUT2D eigenvalue weighted by molar-refractivity contribution is -0.121. The van der Waals surface area contributed by atoms with E-state index in [0.717, 1.165) is 10.2 Å². The average molecular weight is 327 g/mol. The Morgan fingerprint density at radius 2 is 2.16 bits per heavy atom. The normalized spacial score (nSPS) is 23.3. The molecule has 0 radical (unpaired) electrons. The minimum atomic E-state index is -0.533. The van der Waals surface area contributed by atoms with Gasteiger partial charge in [0.05, 0.1) is 12.3 Å². The smallest absolute Gasteiger partial charge is 0.246 e. The predicted octanol–water partition coefficient (Wildman–Crippen LogP) is 1.77. The van der Waals surface area contributed by atoms with Gasteiger partial charge in [-0.05, 0) is 33.5 Å². The molecule has 104 valence electrons. The largest absolute Gasteiger partial charge is 0.394 e. The zero-order valence-corrected chi connectivity index (χ0v) is 12.8. The summed E-state index contributed by atoms with van der Waals surface area (Å²) in [6, 6.07) is 7.13. The van der Waals surface area contributed by atoms with Crippen molar-refractivity contribution in [3.63, 3.8) is 0 Å². The summed E-state index contributed by atoms with van der Waals surface area (Å²) in [6.07, 6.45) is 0. The molecule has 19 heavy (non-hydrogen) atoms. The molecule has 1 unspecified atom stereocenters. The van der Waals surface area contributed by atoms with Gasteiger partial charge in [0.25, 0.3) is 0 Å². The first-order chi connectivity index (χ1) is 8.94. The molecule has 2 rings (SSSR count). The fraction of sp³-hybridized carbons (Fsp3) is 0.500. The number of para-hydroxylation sites is 1. The molecule has 1 aliphatic rings. The van der Waals surface area contributed by atoms with Crippen LogP contribution in [0.15, 0.2) is 28.7 Å². The van der Waals surface area contributed by atoms with Gasteiger partial charge in [0.1, 0.15) is 6.04 Å². The van der Waals surface area contributed by atoms with Crippen molar-refractivity contribution in [1.82, 2.24) is 5.32 Å². The number of halogens is 1. The first kappa shape index (κ1) is 14.5. The number of nitrogens with one attached hydrogen (secondary N) is 1. The SMILES string of the molecule is CC1(C)CNC(CO)C(=O)N(c2ccccc2Br)C1. The third-order valence-corrected chi connectivity index (χ3v) is 3.97. The van der Waals surface area contributed by atoms with Gasteiger partial charge in [0, 0.05) is 17.6 Å². The summed E-state index contributed by atoms with van der Waals surface area (Å²) in [7, 11) is 0. The van der Waals surface area contributed by atoms with Crippen LogP contribution in [0, 0.1) is 5.41 Å². The lowest BCUT2D eigenvalue weighted by atomic mass is 9.93. The monoisotopic (exact) mass is 326 g/mol. The van der Waals surface area contributed by atoms with E-state index in [9.17, 15) is 9.90 Å². The molecule has 0 spiro atoms. The lowest BCUT2D eigenvalue weighted by Crippen LogP contribution is -2.46. The van der Waals surface area contributed by atoms with Crippen LogP contribution in [0.4, 0.5) is 5.69 Å². The molecule has 1 aliphatic heterocycles. The summed E-state index contributed by atoms with van der Waals surface area (Å²) in [5, 5.41) is 12.5. The highest BCUT2D eigenvalue weighted by molar-refractivity contribution is 9.10.